The van der Waals surface area contributed by atoms with Crippen LogP contribution in [0.4, 0.5) is 0 Å². The van der Waals surface area contributed by atoms with E-state index in [1.807, 2.05) is 48.6 Å². The quantitative estimate of drug-likeness (QED) is 0.455. The molecule has 1 aliphatic carbocycles. The van der Waals surface area contributed by atoms with E-state index in [4.69, 9.17) is 9.41 Å². The lowest BCUT2D eigenvalue weighted by atomic mass is 9.83. The fraction of sp³-hybridized carbons (Fsp3) is 0.133. The van der Waals surface area contributed by atoms with E-state index in [9.17, 15) is 4.79 Å². The van der Waals surface area contributed by atoms with Crippen LogP contribution in [0.1, 0.15) is 40.3 Å². The summed E-state index contributed by atoms with van der Waals surface area (Å²) in [7, 11) is 0. The molecule has 1 atom stereocenters. The Morgan fingerprint density at radius 3 is 2.53 bits per heavy atom. The summed E-state index contributed by atoms with van der Waals surface area (Å²) in [6.07, 6.45) is 7.34. The summed E-state index contributed by atoms with van der Waals surface area (Å²) < 4.78 is 7.78. The number of rotatable bonds is 3. The minimum atomic E-state index is -0.229. The number of oxazole rings is 1. The monoisotopic (exact) mass is 444 g/mol. The zero-order valence-electron chi connectivity index (χ0n) is 18.9. The first kappa shape index (κ1) is 20.4. The Labute approximate surface area is 197 Å². The van der Waals surface area contributed by atoms with E-state index in [-0.39, 0.29) is 17.0 Å². The molecule has 4 aromatic rings. The first-order chi connectivity index (χ1) is 16.7. The lowest BCUT2D eigenvalue weighted by Crippen LogP contribution is -2.38. The third-order valence-electron chi connectivity index (χ3n) is 6.60. The van der Waals surface area contributed by atoms with Crippen LogP contribution in [0.3, 0.4) is 0 Å². The van der Waals surface area contributed by atoms with Gasteiger partial charge in [-0.15, -0.1) is 0 Å². The Bertz CT molecular complexity index is 1620. The molecule has 1 aromatic heterocycles. The van der Waals surface area contributed by atoms with Crippen LogP contribution in [0.5, 0.6) is 0 Å². The maximum atomic E-state index is 13.5. The van der Waals surface area contributed by atoms with Crippen LogP contribution in [0.25, 0.3) is 17.8 Å². The smallest absolute Gasteiger partial charge is 0.306 e. The Morgan fingerprint density at radius 2 is 1.71 bits per heavy atom. The maximum absolute atomic E-state index is 13.5. The van der Waals surface area contributed by atoms with Crippen molar-refractivity contribution in [2.75, 3.05) is 0 Å². The van der Waals surface area contributed by atoms with Crippen molar-refractivity contribution in [1.29, 1.82) is 0 Å². The average Bonchev–Trinajstić information content (AvgIpc) is 3.19. The molecule has 34 heavy (non-hydrogen) atoms. The number of allylic oxidation sites excluding steroid dienone is 2. The molecule has 2 heterocycles. The minimum absolute atomic E-state index is 0.160. The predicted octanol–water partition coefficient (Wildman–Crippen LogP) is 4.82. The van der Waals surface area contributed by atoms with Crippen molar-refractivity contribution in [2.24, 2.45) is 4.99 Å². The standard InChI is InChI=1S/C30H24N2O2/c1-20-14-16-23(17-15-20)28-25-19-18-22-11-5-6-12-24(22)27(25)31-30-32(28)29(33)26(34-30)13-7-10-21-8-3-2-4-9-21/h2-17,28H,18-19H2,1H3/b10-7+,26-13-. The van der Waals surface area contributed by atoms with Crippen LogP contribution < -0.4 is 16.7 Å². The first-order valence-electron chi connectivity index (χ1n) is 11.6. The normalized spacial score (nSPS) is 17.3. The largest absolute Gasteiger partial charge is 0.419 e. The minimum Gasteiger partial charge on any atom is -0.419 e. The molecule has 0 N–H and O–H groups in total. The summed E-state index contributed by atoms with van der Waals surface area (Å²) in [5.41, 5.74) is 8.32. The van der Waals surface area contributed by atoms with Gasteiger partial charge in [-0.2, -0.15) is 4.99 Å². The molecule has 0 bridgehead atoms. The van der Waals surface area contributed by atoms with Gasteiger partial charge in [-0.3, -0.25) is 4.79 Å². The fourth-order valence-electron chi connectivity index (χ4n) is 4.90. The van der Waals surface area contributed by atoms with Gasteiger partial charge in [-0.1, -0.05) is 96.6 Å². The van der Waals surface area contributed by atoms with E-state index in [1.54, 1.807) is 10.6 Å². The highest BCUT2D eigenvalue weighted by atomic mass is 16.4. The van der Waals surface area contributed by atoms with Crippen LogP contribution in [0, 0.1) is 6.92 Å². The summed E-state index contributed by atoms with van der Waals surface area (Å²) in [6.45, 7) is 2.07. The predicted molar refractivity (Wildman–Crippen MR) is 135 cm³/mol. The number of fused-ring (bicyclic) bond motifs is 3. The molecular formula is C30H24N2O2. The zero-order valence-corrected chi connectivity index (χ0v) is 18.9. The highest BCUT2D eigenvalue weighted by Gasteiger charge is 2.33. The van der Waals surface area contributed by atoms with E-state index in [2.05, 4.69) is 49.4 Å². The van der Waals surface area contributed by atoms with Gasteiger partial charge >= 0.3 is 5.68 Å². The number of hydrogen-bond donors (Lipinski definition) is 0. The fourth-order valence-corrected chi connectivity index (χ4v) is 4.90. The summed E-state index contributed by atoms with van der Waals surface area (Å²) >= 11 is 0. The van der Waals surface area contributed by atoms with Gasteiger partial charge in [0.25, 0.3) is 5.56 Å². The molecular weight excluding hydrogens is 420 g/mol. The van der Waals surface area contributed by atoms with E-state index in [0.717, 1.165) is 35.2 Å². The van der Waals surface area contributed by atoms with E-state index in [1.165, 1.54) is 16.7 Å². The highest BCUT2D eigenvalue weighted by Crippen LogP contribution is 2.40. The summed E-state index contributed by atoms with van der Waals surface area (Å²) in [4.78, 5) is 18.4. The van der Waals surface area contributed by atoms with Gasteiger partial charge in [0, 0.05) is 5.56 Å². The lowest BCUT2D eigenvalue weighted by Gasteiger charge is -2.30. The lowest BCUT2D eigenvalue weighted by molar-refractivity contribution is 0.427. The second kappa shape index (κ2) is 8.31. The third-order valence-corrected chi connectivity index (χ3v) is 6.60. The van der Waals surface area contributed by atoms with Crippen molar-refractivity contribution in [2.45, 2.75) is 25.8 Å². The van der Waals surface area contributed by atoms with E-state index in [0.29, 0.717) is 5.68 Å². The molecule has 166 valence electrons. The molecule has 0 amide bonds. The third kappa shape index (κ3) is 3.48. The molecule has 2 aliphatic rings. The van der Waals surface area contributed by atoms with Crippen molar-refractivity contribution >= 4 is 17.8 Å². The van der Waals surface area contributed by atoms with Crippen molar-refractivity contribution in [1.82, 2.24) is 4.57 Å². The average molecular weight is 445 g/mol. The number of hydrogen-bond acceptors (Lipinski definition) is 3. The topological polar surface area (TPSA) is 47.5 Å². The van der Waals surface area contributed by atoms with Gasteiger partial charge in [0.05, 0.1) is 11.7 Å². The van der Waals surface area contributed by atoms with Gasteiger partial charge in [0.2, 0.25) is 0 Å². The SMILES string of the molecule is Cc1ccc(C2C3=C(N=c4o/c(=C\C=C\c5ccccc5)c(=O)n42)c2ccccc2CC3)cc1. The zero-order chi connectivity index (χ0) is 23.1. The van der Waals surface area contributed by atoms with Crippen LogP contribution in [0.2, 0.25) is 0 Å². The van der Waals surface area contributed by atoms with Crippen molar-refractivity contribution in [3.63, 3.8) is 0 Å². The molecule has 4 nitrogen and oxygen atoms in total. The maximum Gasteiger partial charge on any atom is 0.306 e. The Kier molecular flexibility index (Phi) is 4.99. The molecule has 1 unspecified atom stereocenters. The van der Waals surface area contributed by atoms with Crippen LogP contribution in [-0.4, -0.2) is 4.57 Å². The molecule has 0 radical (unpaired) electrons. The first-order valence-corrected chi connectivity index (χ1v) is 11.6. The van der Waals surface area contributed by atoms with Crippen molar-refractivity contribution in [3.05, 3.63) is 140 Å². The van der Waals surface area contributed by atoms with Crippen molar-refractivity contribution < 1.29 is 4.42 Å². The molecule has 0 fully saturated rings. The van der Waals surface area contributed by atoms with E-state index >= 15 is 0 Å². The van der Waals surface area contributed by atoms with Gasteiger partial charge in [0.15, 0.2) is 5.42 Å². The number of aryl methyl sites for hydroxylation is 2. The second-order valence-electron chi connectivity index (χ2n) is 8.82. The summed E-state index contributed by atoms with van der Waals surface area (Å²) in [5.74, 6) is 0. The van der Waals surface area contributed by atoms with Crippen molar-refractivity contribution in [3.8, 4) is 0 Å². The Hall–Kier alpha value is -4.18. The molecule has 0 saturated heterocycles. The van der Waals surface area contributed by atoms with Crippen LogP contribution >= 0.6 is 0 Å². The molecule has 4 heteroatoms. The second-order valence-corrected chi connectivity index (χ2v) is 8.82. The van der Waals surface area contributed by atoms with Crippen LogP contribution in [-0.2, 0) is 6.42 Å². The van der Waals surface area contributed by atoms with E-state index < -0.39 is 0 Å². The summed E-state index contributed by atoms with van der Waals surface area (Å²) in [6, 6.07) is 26.6. The molecule has 0 spiro atoms. The van der Waals surface area contributed by atoms with Gasteiger partial charge < -0.3 is 4.42 Å². The number of nitrogens with zero attached hydrogens (tertiary/aromatic N) is 2. The highest BCUT2D eigenvalue weighted by molar-refractivity contribution is 5.74. The Morgan fingerprint density at radius 1 is 0.941 bits per heavy atom. The number of aromatic nitrogens is 1. The van der Waals surface area contributed by atoms with Crippen LogP contribution in [0.15, 0.2) is 105 Å². The Balaban J connectivity index is 1.54. The summed E-state index contributed by atoms with van der Waals surface area (Å²) in [5, 5.41) is 0. The molecule has 6 rings (SSSR count). The van der Waals surface area contributed by atoms with Gasteiger partial charge in [-0.25, -0.2) is 4.57 Å². The molecule has 1 aliphatic heterocycles. The molecule has 3 aromatic carbocycles. The van der Waals surface area contributed by atoms with Gasteiger partial charge in [-0.05, 0) is 48.1 Å². The number of benzene rings is 3. The molecule has 0 saturated carbocycles. The van der Waals surface area contributed by atoms with Gasteiger partial charge in [0.1, 0.15) is 0 Å².